The third kappa shape index (κ3) is 1.14. The Kier molecular flexibility index (Phi) is 1.94. The van der Waals surface area contributed by atoms with Crippen LogP contribution in [0.25, 0.3) is 0 Å². The molecule has 0 aliphatic carbocycles. The first-order valence-electron chi connectivity index (χ1n) is 2.99. The van der Waals surface area contributed by atoms with E-state index in [0.29, 0.717) is 0 Å². The van der Waals surface area contributed by atoms with Crippen molar-refractivity contribution in [3.63, 3.8) is 0 Å². The van der Waals surface area contributed by atoms with Crippen LogP contribution in [0.1, 0.15) is 11.3 Å². The van der Waals surface area contributed by atoms with Crippen LogP contribution in [-0.4, -0.2) is 5.21 Å². The molecule has 1 N–H and O–H groups in total. The molecule has 54 valence electrons. The van der Waals surface area contributed by atoms with Gasteiger partial charge in [-0.05, 0) is 6.92 Å². The van der Waals surface area contributed by atoms with E-state index in [1.54, 1.807) is 6.20 Å². The lowest BCUT2D eigenvalue weighted by atomic mass is 10.2. The van der Waals surface area contributed by atoms with Gasteiger partial charge in [0.2, 0.25) is 11.9 Å². The van der Waals surface area contributed by atoms with Crippen molar-refractivity contribution in [3.05, 3.63) is 28.0 Å². The molecule has 0 aliphatic rings. The number of pyridine rings is 1. The van der Waals surface area contributed by atoms with Crippen LogP contribution < -0.4 is 4.73 Å². The fraction of sp³-hybridized carbons (Fsp3) is 0.286. The van der Waals surface area contributed by atoms with Gasteiger partial charge in [-0.25, -0.2) is 0 Å². The molecule has 0 bridgehead atoms. The van der Waals surface area contributed by atoms with E-state index in [-0.39, 0.29) is 0 Å². The predicted octanol–water partition coefficient (Wildman–Crippen LogP) is 1.59. The van der Waals surface area contributed by atoms with Crippen molar-refractivity contribution in [2.45, 2.75) is 13.8 Å². The lowest BCUT2D eigenvalue weighted by molar-refractivity contribution is -0.909. The topological polar surface area (TPSA) is 24.1 Å². The fourth-order valence-corrected chi connectivity index (χ4v) is 1.12. The molecule has 1 aromatic heterocycles. The second-order valence-electron chi connectivity index (χ2n) is 2.22. The highest BCUT2D eigenvalue weighted by Gasteiger charge is 2.09. The summed E-state index contributed by atoms with van der Waals surface area (Å²) in [7, 11) is 0. The Morgan fingerprint density at radius 3 is 2.60 bits per heavy atom. The highest BCUT2D eigenvalue weighted by molar-refractivity contribution is 9.10. The van der Waals surface area contributed by atoms with Crippen LogP contribution in [0, 0.1) is 13.8 Å². The summed E-state index contributed by atoms with van der Waals surface area (Å²) in [6.07, 6.45) is 1.60. The molecule has 0 amide bonds. The number of rotatable bonds is 0. The summed E-state index contributed by atoms with van der Waals surface area (Å²) in [4.78, 5) is 0. The van der Waals surface area contributed by atoms with Crippen molar-refractivity contribution in [1.82, 2.24) is 0 Å². The highest BCUT2D eigenvalue weighted by Crippen LogP contribution is 2.14. The van der Waals surface area contributed by atoms with Crippen LogP contribution in [0.15, 0.2) is 16.7 Å². The summed E-state index contributed by atoms with van der Waals surface area (Å²) >= 11 is 3.36. The molecule has 0 radical (unpaired) electrons. The molecule has 1 heterocycles. The Balaban J connectivity index is 3.34. The predicted molar refractivity (Wildman–Crippen MR) is 41.0 cm³/mol. The van der Waals surface area contributed by atoms with Gasteiger partial charge in [-0.2, -0.15) is 0 Å². The summed E-state index contributed by atoms with van der Waals surface area (Å²) in [6.45, 7) is 3.81. The average molecular weight is 203 g/mol. The molecule has 3 heteroatoms. The Bertz CT molecular complexity index is 233. The molecule has 0 saturated heterocycles. The minimum absolute atomic E-state index is 0.856. The molecule has 0 fully saturated rings. The molecule has 0 saturated carbocycles. The van der Waals surface area contributed by atoms with Gasteiger partial charge >= 0.3 is 0 Å². The van der Waals surface area contributed by atoms with E-state index < -0.39 is 0 Å². The molecule has 0 unspecified atom stereocenters. The normalized spacial score (nSPS) is 9.90. The third-order valence-corrected chi connectivity index (χ3v) is 2.47. The van der Waals surface area contributed by atoms with Gasteiger partial charge in [0, 0.05) is 27.8 Å². The summed E-state index contributed by atoms with van der Waals surface area (Å²) in [5.74, 6) is 0. The number of hydrogen-bond acceptors (Lipinski definition) is 1. The first-order chi connectivity index (χ1) is 4.63. The lowest BCUT2D eigenvalue weighted by Gasteiger charge is -1.95. The Labute approximate surface area is 68.2 Å². The van der Waals surface area contributed by atoms with Gasteiger partial charge in [0.15, 0.2) is 0 Å². The first-order valence-corrected chi connectivity index (χ1v) is 3.79. The van der Waals surface area contributed by atoms with Crippen molar-refractivity contribution in [3.8, 4) is 0 Å². The van der Waals surface area contributed by atoms with E-state index in [1.807, 2.05) is 19.9 Å². The van der Waals surface area contributed by atoms with Crippen LogP contribution in [0.3, 0.4) is 0 Å². The fourth-order valence-electron chi connectivity index (χ4n) is 0.717. The molecule has 0 spiro atoms. The minimum Gasteiger partial charge on any atom is -0.285 e. The van der Waals surface area contributed by atoms with Gasteiger partial charge in [-0.3, -0.25) is 5.21 Å². The van der Waals surface area contributed by atoms with Crippen molar-refractivity contribution in [2.75, 3.05) is 0 Å². The van der Waals surface area contributed by atoms with Gasteiger partial charge in [-0.15, -0.1) is 0 Å². The van der Waals surface area contributed by atoms with E-state index in [1.165, 1.54) is 0 Å². The van der Waals surface area contributed by atoms with Gasteiger partial charge in [0.05, 0.1) is 0 Å². The van der Waals surface area contributed by atoms with Crippen molar-refractivity contribution >= 4 is 15.9 Å². The van der Waals surface area contributed by atoms with Crippen molar-refractivity contribution < 1.29 is 9.94 Å². The first kappa shape index (κ1) is 7.54. The molecule has 0 atom stereocenters. The standard InChI is InChI=1S/C7H9BrNO/c1-5-6(2)9(10)4-3-7(5)8/h3-4,10H,1-2H3/q+1. The van der Waals surface area contributed by atoms with Gasteiger partial charge in [0.25, 0.3) is 0 Å². The molecule has 0 aliphatic heterocycles. The van der Waals surface area contributed by atoms with Gasteiger partial charge in [0.1, 0.15) is 0 Å². The van der Waals surface area contributed by atoms with E-state index in [4.69, 9.17) is 5.21 Å². The Morgan fingerprint density at radius 2 is 2.10 bits per heavy atom. The molecule has 10 heavy (non-hydrogen) atoms. The molecular formula is C7H9BrNO+. The maximum atomic E-state index is 9.12. The number of hydrogen-bond donors (Lipinski definition) is 1. The van der Waals surface area contributed by atoms with Gasteiger partial charge in [-0.1, -0.05) is 15.9 Å². The van der Waals surface area contributed by atoms with E-state index in [2.05, 4.69) is 15.9 Å². The quantitative estimate of drug-likeness (QED) is 0.502. The van der Waals surface area contributed by atoms with Crippen LogP contribution in [0.2, 0.25) is 0 Å². The Hall–Kier alpha value is -0.570. The zero-order valence-corrected chi connectivity index (χ0v) is 7.51. The maximum Gasteiger partial charge on any atom is 0.235 e. The minimum atomic E-state index is 0.856. The van der Waals surface area contributed by atoms with Crippen LogP contribution in [-0.2, 0) is 0 Å². The van der Waals surface area contributed by atoms with E-state index >= 15 is 0 Å². The summed E-state index contributed by atoms with van der Waals surface area (Å²) in [5, 5.41) is 9.12. The number of halogens is 1. The van der Waals surface area contributed by atoms with E-state index in [0.717, 1.165) is 20.5 Å². The van der Waals surface area contributed by atoms with Crippen molar-refractivity contribution in [1.29, 1.82) is 0 Å². The zero-order valence-electron chi connectivity index (χ0n) is 5.93. The largest absolute Gasteiger partial charge is 0.285 e. The SMILES string of the molecule is Cc1c(Br)cc[n+](O)c1C. The second kappa shape index (κ2) is 2.58. The molecule has 2 nitrogen and oxygen atoms in total. The Morgan fingerprint density at radius 1 is 1.50 bits per heavy atom. The van der Waals surface area contributed by atoms with Crippen LogP contribution in [0.4, 0.5) is 0 Å². The van der Waals surface area contributed by atoms with Crippen molar-refractivity contribution in [2.24, 2.45) is 0 Å². The molecule has 0 aromatic carbocycles. The highest BCUT2D eigenvalue weighted by atomic mass is 79.9. The molecule has 1 rings (SSSR count). The van der Waals surface area contributed by atoms with Gasteiger partial charge < -0.3 is 0 Å². The van der Waals surface area contributed by atoms with E-state index in [9.17, 15) is 0 Å². The lowest BCUT2D eigenvalue weighted by Crippen LogP contribution is -2.33. The number of aromatic nitrogens is 1. The monoisotopic (exact) mass is 202 g/mol. The van der Waals surface area contributed by atoms with Crippen LogP contribution >= 0.6 is 15.9 Å². The average Bonchev–Trinajstić information content (AvgIpc) is 1.93. The zero-order chi connectivity index (χ0) is 7.72. The maximum absolute atomic E-state index is 9.12. The summed E-state index contributed by atoms with van der Waals surface area (Å²) in [6, 6.07) is 1.81. The summed E-state index contributed by atoms with van der Waals surface area (Å²) in [5.41, 5.74) is 1.92. The molecule has 1 aromatic rings. The third-order valence-electron chi connectivity index (χ3n) is 1.61. The smallest absolute Gasteiger partial charge is 0.235 e. The molecular weight excluding hydrogens is 194 g/mol. The summed E-state index contributed by atoms with van der Waals surface area (Å²) < 4.78 is 2.13. The number of nitrogens with zero attached hydrogens (tertiary/aromatic N) is 1. The van der Waals surface area contributed by atoms with Crippen LogP contribution in [0.5, 0.6) is 0 Å². The second-order valence-corrected chi connectivity index (χ2v) is 3.07.